The first-order chi connectivity index (χ1) is 5.22. The Bertz CT molecular complexity index is 157. The van der Waals surface area contributed by atoms with Gasteiger partial charge in [0.1, 0.15) is 6.04 Å². The fourth-order valence-electron chi connectivity index (χ4n) is 0.900. The highest BCUT2D eigenvalue weighted by Gasteiger charge is 2.13. The molecule has 1 unspecified atom stereocenters. The van der Waals surface area contributed by atoms with Crippen LogP contribution in [-0.4, -0.2) is 11.8 Å². The highest BCUT2D eigenvalue weighted by atomic mass is 16.1. The molecule has 2 heteroatoms. The standard InChI is InChI=1S/C9H15NO/c1-3-5-6-7-8(10)9(11)4-2/h1,8H,4-7,10H2,2H3/p+1. The predicted octanol–water partition coefficient (Wildman–Crippen LogP) is 0.379. The lowest BCUT2D eigenvalue weighted by Gasteiger charge is -2.03. The van der Waals surface area contributed by atoms with Crippen LogP contribution in [0.15, 0.2) is 0 Å². The van der Waals surface area contributed by atoms with Gasteiger partial charge in [0.05, 0.1) is 0 Å². The van der Waals surface area contributed by atoms with Crippen LogP contribution in [0, 0.1) is 12.3 Å². The first-order valence-corrected chi connectivity index (χ1v) is 4.01. The average Bonchev–Trinajstić information content (AvgIpc) is 2.03. The number of ketones is 1. The summed E-state index contributed by atoms with van der Waals surface area (Å²) in [5.41, 5.74) is 3.76. The largest absolute Gasteiger partial charge is 0.349 e. The van der Waals surface area contributed by atoms with Gasteiger partial charge in [0.2, 0.25) is 0 Å². The third-order valence-electron chi connectivity index (χ3n) is 1.68. The van der Waals surface area contributed by atoms with Crippen molar-refractivity contribution < 1.29 is 10.5 Å². The Morgan fingerprint density at radius 1 is 1.73 bits per heavy atom. The fourth-order valence-corrected chi connectivity index (χ4v) is 0.900. The van der Waals surface area contributed by atoms with Crippen molar-refractivity contribution in [2.24, 2.45) is 0 Å². The molecule has 0 saturated heterocycles. The molecule has 1 atom stereocenters. The first-order valence-electron chi connectivity index (χ1n) is 4.01. The monoisotopic (exact) mass is 154 g/mol. The van der Waals surface area contributed by atoms with Gasteiger partial charge in [-0.1, -0.05) is 6.92 Å². The SMILES string of the molecule is C#CCCCC([NH3+])C(=O)CC. The van der Waals surface area contributed by atoms with E-state index in [9.17, 15) is 4.79 Å². The van der Waals surface area contributed by atoms with E-state index in [2.05, 4.69) is 11.7 Å². The first kappa shape index (κ1) is 10.2. The van der Waals surface area contributed by atoms with Crippen molar-refractivity contribution in [2.75, 3.05) is 0 Å². The fraction of sp³-hybridized carbons (Fsp3) is 0.667. The molecule has 62 valence electrons. The molecule has 3 N–H and O–H groups in total. The second-order valence-corrected chi connectivity index (χ2v) is 2.61. The van der Waals surface area contributed by atoms with Gasteiger partial charge in [-0.05, 0) is 6.42 Å². The molecule has 0 aliphatic carbocycles. The maximum atomic E-state index is 11.0. The van der Waals surface area contributed by atoms with E-state index in [4.69, 9.17) is 6.42 Å². The molecule has 0 saturated carbocycles. The van der Waals surface area contributed by atoms with Crippen molar-refractivity contribution in [3.8, 4) is 12.3 Å². The van der Waals surface area contributed by atoms with Gasteiger partial charge < -0.3 is 5.73 Å². The zero-order valence-corrected chi connectivity index (χ0v) is 7.10. The second kappa shape index (κ2) is 5.94. The molecule has 0 amide bonds. The minimum absolute atomic E-state index is 0.0478. The van der Waals surface area contributed by atoms with Gasteiger partial charge in [0.15, 0.2) is 5.78 Å². The summed E-state index contributed by atoms with van der Waals surface area (Å²) in [7, 11) is 0. The van der Waals surface area contributed by atoms with E-state index in [1.807, 2.05) is 6.92 Å². The van der Waals surface area contributed by atoms with E-state index < -0.39 is 0 Å². The van der Waals surface area contributed by atoms with Crippen LogP contribution in [0.3, 0.4) is 0 Å². The molecular weight excluding hydrogens is 138 g/mol. The maximum Gasteiger partial charge on any atom is 0.189 e. The number of unbranched alkanes of at least 4 members (excludes halogenated alkanes) is 1. The van der Waals surface area contributed by atoms with Crippen molar-refractivity contribution >= 4 is 5.78 Å². The highest BCUT2D eigenvalue weighted by Crippen LogP contribution is 1.98. The molecule has 0 aliphatic rings. The van der Waals surface area contributed by atoms with Gasteiger partial charge in [-0.25, -0.2) is 0 Å². The zero-order valence-electron chi connectivity index (χ0n) is 7.10. The molecule has 0 aliphatic heterocycles. The summed E-state index contributed by atoms with van der Waals surface area (Å²) in [4.78, 5) is 11.0. The lowest BCUT2D eigenvalue weighted by molar-refractivity contribution is -0.404. The number of rotatable bonds is 5. The Kier molecular flexibility index (Phi) is 5.50. The summed E-state index contributed by atoms with van der Waals surface area (Å²) in [6.45, 7) is 1.86. The van der Waals surface area contributed by atoms with Gasteiger partial charge in [-0.3, -0.25) is 4.79 Å². The van der Waals surface area contributed by atoms with E-state index in [0.29, 0.717) is 6.42 Å². The quantitative estimate of drug-likeness (QED) is 0.451. The number of hydrogen-bond donors (Lipinski definition) is 1. The summed E-state index contributed by atoms with van der Waals surface area (Å²) in [5.74, 6) is 2.78. The number of terminal acetylenes is 1. The Hall–Kier alpha value is -0.810. The van der Waals surface area contributed by atoms with Crippen LogP contribution in [0.4, 0.5) is 0 Å². The van der Waals surface area contributed by atoms with Crippen LogP contribution < -0.4 is 5.73 Å². The number of Topliss-reactive ketones (excluding diaryl/α,β-unsaturated/α-hetero) is 1. The molecule has 0 rings (SSSR count). The molecule has 0 aromatic carbocycles. The molecule has 0 aromatic heterocycles. The van der Waals surface area contributed by atoms with E-state index in [1.165, 1.54) is 0 Å². The molecule has 0 fully saturated rings. The molecule has 0 radical (unpaired) electrons. The van der Waals surface area contributed by atoms with E-state index >= 15 is 0 Å². The Morgan fingerprint density at radius 3 is 2.82 bits per heavy atom. The minimum atomic E-state index is -0.0478. The number of hydrogen-bond acceptors (Lipinski definition) is 1. The Labute approximate surface area is 68.2 Å². The van der Waals surface area contributed by atoms with Gasteiger partial charge >= 0.3 is 0 Å². The van der Waals surface area contributed by atoms with Crippen LogP contribution in [0.1, 0.15) is 32.6 Å². The summed E-state index contributed by atoms with van der Waals surface area (Å²) >= 11 is 0. The molecule has 0 bridgehead atoms. The van der Waals surface area contributed by atoms with Crippen molar-refractivity contribution in [2.45, 2.75) is 38.6 Å². The summed E-state index contributed by atoms with van der Waals surface area (Å²) in [6, 6.07) is -0.0478. The van der Waals surface area contributed by atoms with Gasteiger partial charge in [0.25, 0.3) is 0 Å². The van der Waals surface area contributed by atoms with E-state index in [1.54, 1.807) is 0 Å². The highest BCUT2D eigenvalue weighted by molar-refractivity contribution is 5.82. The van der Waals surface area contributed by atoms with Crippen LogP contribution in [-0.2, 0) is 4.79 Å². The van der Waals surface area contributed by atoms with Crippen molar-refractivity contribution in [1.29, 1.82) is 0 Å². The minimum Gasteiger partial charge on any atom is -0.349 e. The van der Waals surface area contributed by atoms with Gasteiger partial charge in [-0.2, -0.15) is 0 Å². The second-order valence-electron chi connectivity index (χ2n) is 2.61. The van der Waals surface area contributed by atoms with Crippen LogP contribution in [0.5, 0.6) is 0 Å². The van der Waals surface area contributed by atoms with Crippen molar-refractivity contribution in [3.63, 3.8) is 0 Å². The summed E-state index contributed by atoms with van der Waals surface area (Å²) < 4.78 is 0. The maximum absolute atomic E-state index is 11.0. The Balaban J connectivity index is 3.45. The molecule has 0 spiro atoms. The molecule has 11 heavy (non-hydrogen) atoms. The average molecular weight is 154 g/mol. The third-order valence-corrected chi connectivity index (χ3v) is 1.68. The number of carbonyl (C=O) groups is 1. The molecule has 2 nitrogen and oxygen atoms in total. The van der Waals surface area contributed by atoms with Crippen molar-refractivity contribution in [1.82, 2.24) is 0 Å². The summed E-state index contributed by atoms with van der Waals surface area (Å²) in [5, 5.41) is 0. The van der Waals surface area contributed by atoms with Crippen LogP contribution >= 0.6 is 0 Å². The topological polar surface area (TPSA) is 44.7 Å². The third kappa shape index (κ3) is 4.58. The number of quaternary nitrogens is 1. The van der Waals surface area contributed by atoms with Crippen LogP contribution in [0.2, 0.25) is 0 Å². The van der Waals surface area contributed by atoms with Gasteiger partial charge in [-0.15, -0.1) is 12.3 Å². The predicted molar refractivity (Wildman–Crippen MR) is 44.7 cm³/mol. The molecule has 0 heterocycles. The molecule has 0 aromatic rings. The lowest BCUT2D eigenvalue weighted by Crippen LogP contribution is -2.64. The van der Waals surface area contributed by atoms with Crippen molar-refractivity contribution in [3.05, 3.63) is 0 Å². The smallest absolute Gasteiger partial charge is 0.189 e. The van der Waals surface area contributed by atoms with Crippen LogP contribution in [0.25, 0.3) is 0 Å². The van der Waals surface area contributed by atoms with Gasteiger partial charge in [0, 0.05) is 19.3 Å². The number of carbonyl (C=O) groups excluding carboxylic acids is 1. The zero-order chi connectivity index (χ0) is 8.69. The lowest BCUT2D eigenvalue weighted by atomic mass is 10.1. The van der Waals surface area contributed by atoms with E-state index in [0.717, 1.165) is 19.3 Å². The normalized spacial score (nSPS) is 12.1. The summed E-state index contributed by atoms with van der Waals surface area (Å²) in [6.07, 6.45) is 8.15. The van der Waals surface area contributed by atoms with E-state index in [-0.39, 0.29) is 11.8 Å². The molecular formula is C9H16NO+. The Morgan fingerprint density at radius 2 is 2.36 bits per heavy atom.